The van der Waals surface area contributed by atoms with Gasteiger partial charge in [-0.3, -0.25) is 9.59 Å². The SMILES string of the molecule is CCOC(=O)C(=O)N[C@]1(C)CC[C@]2(C)CC[C@]3(C)C4=CC=C5C(=CC(=O)C(O)=C5C)[C@]4(C)CC[C@@]3(C)[C@@H]2C1. The van der Waals surface area contributed by atoms with Crippen LogP contribution >= 0.6 is 0 Å². The van der Waals surface area contributed by atoms with Crippen LogP contribution in [-0.2, 0) is 19.1 Å². The van der Waals surface area contributed by atoms with Crippen molar-refractivity contribution >= 4 is 17.7 Å². The molecule has 0 radical (unpaired) electrons. The van der Waals surface area contributed by atoms with E-state index in [1.165, 1.54) is 5.57 Å². The number of fused-ring (bicyclic) bond motifs is 7. The van der Waals surface area contributed by atoms with E-state index in [1.807, 2.05) is 6.92 Å². The van der Waals surface area contributed by atoms with Crippen molar-refractivity contribution in [3.8, 4) is 0 Å². The number of esters is 1. The number of amides is 1. The molecule has 5 aliphatic carbocycles. The predicted molar refractivity (Wildman–Crippen MR) is 146 cm³/mol. The van der Waals surface area contributed by atoms with Gasteiger partial charge in [-0.05, 0) is 105 Å². The zero-order valence-corrected chi connectivity index (χ0v) is 24.0. The highest BCUT2D eigenvalue weighted by Gasteiger charge is 2.66. The van der Waals surface area contributed by atoms with Crippen molar-refractivity contribution in [3.63, 3.8) is 0 Å². The molecule has 206 valence electrons. The molecule has 0 bridgehead atoms. The largest absolute Gasteiger partial charge is 0.504 e. The molecule has 38 heavy (non-hydrogen) atoms. The Morgan fingerprint density at radius 1 is 1.03 bits per heavy atom. The summed E-state index contributed by atoms with van der Waals surface area (Å²) in [7, 11) is 0. The van der Waals surface area contributed by atoms with Crippen LogP contribution in [0.25, 0.3) is 0 Å². The van der Waals surface area contributed by atoms with E-state index >= 15 is 0 Å². The topological polar surface area (TPSA) is 92.7 Å². The summed E-state index contributed by atoms with van der Waals surface area (Å²) < 4.78 is 4.96. The molecule has 0 aliphatic heterocycles. The number of aliphatic hydroxyl groups excluding tert-OH is 1. The van der Waals surface area contributed by atoms with Crippen LogP contribution in [0.5, 0.6) is 0 Å². The highest BCUT2D eigenvalue weighted by molar-refractivity contribution is 6.32. The summed E-state index contributed by atoms with van der Waals surface area (Å²) in [6.07, 6.45) is 12.8. The van der Waals surface area contributed by atoms with Gasteiger partial charge in [-0.15, -0.1) is 0 Å². The molecule has 3 saturated carbocycles. The summed E-state index contributed by atoms with van der Waals surface area (Å²) in [5.41, 5.74) is 3.41. The van der Waals surface area contributed by atoms with E-state index in [-0.39, 0.29) is 39.8 Å². The van der Waals surface area contributed by atoms with Gasteiger partial charge in [-0.1, -0.05) is 45.4 Å². The van der Waals surface area contributed by atoms with Gasteiger partial charge in [0, 0.05) is 16.5 Å². The average Bonchev–Trinajstić information content (AvgIpc) is 2.86. The Balaban J connectivity index is 1.53. The minimum atomic E-state index is -0.809. The van der Waals surface area contributed by atoms with Crippen molar-refractivity contribution in [1.29, 1.82) is 0 Å². The molecule has 1 amide bonds. The summed E-state index contributed by atoms with van der Waals surface area (Å²) in [5.74, 6) is -1.54. The highest BCUT2D eigenvalue weighted by atomic mass is 16.5. The number of carbonyl (C=O) groups excluding carboxylic acids is 3. The van der Waals surface area contributed by atoms with Crippen LogP contribution in [-0.4, -0.2) is 34.9 Å². The number of allylic oxidation sites excluding steroid dienone is 7. The summed E-state index contributed by atoms with van der Waals surface area (Å²) in [4.78, 5) is 37.5. The fourth-order valence-electron chi connectivity index (χ4n) is 9.09. The lowest BCUT2D eigenvalue weighted by Crippen LogP contribution is -2.64. The van der Waals surface area contributed by atoms with Crippen molar-refractivity contribution in [2.45, 2.75) is 99.0 Å². The second kappa shape index (κ2) is 8.43. The molecule has 0 unspecified atom stereocenters. The van der Waals surface area contributed by atoms with Crippen LogP contribution in [0.1, 0.15) is 93.4 Å². The van der Waals surface area contributed by atoms with Gasteiger partial charge in [-0.25, -0.2) is 4.79 Å². The minimum absolute atomic E-state index is 0.0146. The first-order chi connectivity index (χ1) is 17.6. The number of nitrogens with one attached hydrogen (secondary N) is 1. The molecule has 6 atom stereocenters. The molecule has 6 nitrogen and oxygen atoms in total. The minimum Gasteiger partial charge on any atom is -0.504 e. The molecule has 0 aromatic rings. The van der Waals surface area contributed by atoms with E-state index in [2.05, 4.69) is 52.1 Å². The number of hydrogen-bond acceptors (Lipinski definition) is 5. The van der Waals surface area contributed by atoms with Gasteiger partial charge in [0.25, 0.3) is 0 Å². The van der Waals surface area contributed by atoms with Crippen molar-refractivity contribution in [2.75, 3.05) is 6.61 Å². The van der Waals surface area contributed by atoms with Crippen molar-refractivity contribution < 1.29 is 24.2 Å². The molecule has 5 aliphatic rings. The lowest BCUT2D eigenvalue weighted by Gasteiger charge is -2.70. The normalized spacial score (nSPS) is 41.9. The molecule has 0 aromatic carbocycles. The molecule has 6 heteroatoms. The molecule has 0 saturated heterocycles. The van der Waals surface area contributed by atoms with Crippen LogP contribution in [0, 0.1) is 27.6 Å². The molecule has 5 rings (SSSR count). The fraction of sp³-hybridized carbons (Fsp3) is 0.656. The van der Waals surface area contributed by atoms with E-state index in [9.17, 15) is 19.5 Å². The highest BCUT2D eigenvalue weighted by Crippen LogP contribution is 2.75. The Hall–Kier alpha value is -2.63. The fourth-order valence-corrected chi connectivity index (χ4v) is 9.09. The van der Waals surface area contributed by atoms with Crippen LogP contribution in [0.2, 0.25) is 0 Å². The Kier molecular flexibility index (Phi) is 5.98. The van der Waals surface area contributed by atoms with Crippen molar-refractivity contribution in [1.82, 2.24) is 5.32 Å². The second-order valence-electron chi connectivity index (χ2n) is 13.8. The van der Waals surface area contributed by atoms with Gasteiger partial charge >= 0.3 is 11.9 Å². The zero-order chi connectivity index (χ0) is 27.9. The number of carbonyl (C=O) groups is 3. The lowest BCUT2D eigenvalue weighted by molar-refractivity contribution is -0.162. The van der Waals surface area contributed by atoms with E-state index in [0.717, 1.165) is 56.1 Å². The molecule has 2 N–H and O–H groups in total. The molecular weight excluding hydrogens is 478 g/mol. The van der Waals surface area contributed by atoms with E-state index in [1.54, 1.807) is 13.0 Å². The van der Waals surface area contributed by atoms with Crippen molar-refractivity contribution in [2.24, 2.45) is 27.6 Å². The van der Waals surface area contributed by atoms with Gasteiger partial charge < -0.3 is 15.2 Å². The Bertz CT molecular complexity index is 1250. The van der Waals surface area contributed by atoms with E-state index < -0.39 is 17.4 Å². The maximum atomic E-state index is 12.7. The molecule has 0 spiro atoms. The van der Waals surface area contributed by atoms with Gasteiger partial charge in [0.05, 0.1) is 6.61 Å². The predicted octanol–water partition coefficient (Wildman–Crippen LogP) is 6.04. The third-order valence-electron chi connectivity index (χ3n) is 11.7. The lowest BCUT2D eigenvalue weighted by atomic mass is 9.35. The van der Waals surface area contributed by atoms with Crippen LogP contribution < -0.4 is 5.32 Å². The van der Waals surface area contributed by atoms with Crippen LogP contribution in [0.3, 0.4) is 0 Å². The van der Waals surface area contributed by atoms with E-state index in [4.69, 9.17) is 4.74 Å². The summed E-state index contributed by atoms with van der Waals surface area (Å²) >= 11 is 0. The van der Waals surface area contributed by atoms with E-state index in [0.29, 0.717) is 11.5 Å². The number of aliphatic hydroxyl groups is 1. The van der Waals surface area contributed by atoms with Gasteiger partial charge in [0.2, 0.25) is 5.78 Å². The van der Waals surface area contributed by atoms with Gasteiger partial charge in [0.15, 0.2) is 5.76 Å². The maximum absolute atomic E-state index is 12.7. The molecule has 0 heterocycles. The number of rotatable bonds is 2. The van der Waals surface area contributed by atoms with Crippen molar-refractivity contribution in [3.05, 3.63) is 46.3 Å². The Morgan fingerprint density at radius 3 is 2.39 bits per heavy atom. The molecule has 0 aromatic heterocycles. The summed E-state index contributed by atoms with van der Waals surface area (Å²) in [6.45, 7) is 15.4. The third-order valence-corrected chi connectivity index (χ3v) is 11.7. The summed E-state index contributed by atoms with van der Waals surface area (Å²) in [5, 5.41) is 13.4. The first-order valence-electron chi connectivity index (χ1n) is 14.2. The maximum Gasteiger partial charge on any atom is 0.396 e. The smallest absolute Gasteiger partial charge is 0.396 e. The quantitative estimate of drug-likeness (QED) is 0.341. The number of ketones is 1. The van der Waals surface area contributed by atoms with Crippen LogP contribution in [0.15, 0.2) is 46.3 Å². The number of hydrogen-bond donors (Lipinski definition) is 2. The number of ether oxygens (including phenoxy) is 1. The van der Waals surface area contributed by atoms with Gasteiger partial charge in [-0.2, -0.15) is 0 Å². The second-order valence-corrected chi connectivity index (χ2v) is 13.8. The standard InChI is InChI=1S/C32H43NO5/c1-8-38-27(37)26(36)33-29(4)13-11-28(3)12-15-31(6)23-10-9-20-19(2)25(35)22(34)17-21(20)30(23,5)14-16-32(31,7)24(28)18-29/h9-10,17,24,35H,8,11-16,18H2,1-7H3,(H,33,36)/t24-,28-,29-,30+,31-,32+/m1/s1. The van der Waals surface area contributed by atoms with Crippen LogP contribution in [0.4, 0.5) is 0 Å². The Morgan fingerprint density at radius 2 is 1.71 bits per heavy atom. The summed E-state index contributed by atoms with van der Waals surface area (Å²) in [6, 6.07) is 0. The first kappa shape index (κ1) is 27.0. The molecule has 3 fully saturated rings. The average molecular weight is 522 g/mol. The first-order valence-corrected chi connectivity index (χ1v) is 14.2. The third kappa shape index (κ3) is 3.54. The molecular formula is C32H43NO5. The van der Waals surface area contributed by atoms with Gasteiger partial charge in [0.1, 0.15) is 0 Å². The Labute approximate surface area is 226 Å². The zero-order valence-electron chi connectivity index (χ0n) is 24.0. The monoisotopic (exact) mass is 521 g/mol.